The molecular formula is C19H16Br4Cl2O3. The van der Waals surface area contributed by atoms with Crippen molar-refractivity contribution in [2.24, 2.45) is 0 Å². The van der Waals surface area contributed by atoms with Gasteiger partial charge in [-0.15, -0.1) is 0 Å². The molecule has 0 saturated heterocycles. The van der Waals surface area contributed by atoms with Gasteiger partial charge < -0.3 is 9.47 Å². The summed E-state index contributed by atoms with van der Waals surface area (Å²) in [5.74, 6) is 0.877. The van der Waals surface area contributed by atoms with E-state index in [9.17, 15) is 4.79 Å². The zero-order chi connectivity index (χ0) is 20.7. The van der Waals surface area contributed by atoms with Crippen molar-refractivity contribution in [3.8, 4) is 11.5 Å². The lowest BCUT2D eigenvalue weighted by Crippen LogP contribution is -2.13. The van der Waals surface area contributed by atoms with Crippen molar-refractivity contribution in [2.75, 3.05) is 23.9 Å². The summed E-state index contributed by atoms with van der Waals surface area (Å²) in [4.78, 5) is 13.1. The highest BCUT2D eigenvalue weighted by Gasteiger charge is 2.15. The fraction of sp³-hybridized carbons (Fsp3) is 0.316. The minimum Gasteiger partial charge on any atom is -0.491 e. The number of ether oxygens (including phenoxy) is 2. The number of alkyl halides is 4. The summed E-state index contributed by atoms with van der Waals surface area (Å²) < 4.78 is 11.3. The molecule has 0 aromatic heterocycles. The second-order valence-electron chi connectivity index (χ2n) is 5.74. The van der Waals surface area contributed by atoms with Crippen molar-refractivity contribution in [1.82, 2.24) is 0 Å². The van der Waals surface area contributed by atoms with E-state index in [-0.39, 0.29) is 15.4 Å². The van der Waals surface area contributed by atoms with E-state index in [1.807, 2.05) is 0 Å². The fourth-order valence-corrected chi connectivity index (χ4v) is 3.24. The molecule has 0 radical (unpaired) electrons. The third-order valence-corrected chi connectivity index (χ3v) is 8.63. The number of hydrogen-bond acceptors (Lipinski definition) is 3. The molecule has 0 bridgehead atoms. The van der Waals surface area contributed by atoms with Crippen LogP contribution >= 0.6 is 86.9 Å². The Hall–Kier alpha value is 0.210. The molecule has 2 aromatic rings. The van der Waals surface area contributed by atoms with Crippen LogP contribution in [0.25, 0.3) is 0 Å². The summed E-state index contributed by atoms with van der Waals surface area (Å²) in [7, 11) is 0. The predicted octanol–water partition coefficient (Wildman–Crippen LogP) is 7.30. The van der Waals surface area contributed by atoms with Crippen molar-refractivity contribution < 1.29 is 14.3 Å². The zero-order valence-electron chi connectivity index (χ0n) is 14.4. The van der Waals surface area contributed by atoms with Gasteiger partial charge >= 0.3 is 0 Å². The van der Waals surface area contributed by atoms with Gasteiger partial charge in [-0.25, -0.2) is 0 Å². The molecule has 2 aromatic carbocycles. The van der Waals surface area contributed by atoms with Gasteiger partial charge in [0.15, 0.2) is 5.78 Å². The van der Waals surface area contributed by atoms with Crippen LogP contribution in [-0.2, 0) is 0 Å². The smallest absolute Gasteiger partial charge is 0.193 e. The van der Waals surface area contributed by atoms with E-state index >= 15 is 0 Å². The molecule has 0 fully saturated rings. The van der Waals surface area contributed by atoms with Crippen LogP contribution in [0.5, 0.6) is 11.5 Å². The molecule has 3 nitrogen and oxygen atoms in total. The van der Waals surface area contributed by atoms with Crippen LogP contribution in [0.1, 0.15) is 15.9 Å². The SMILES string of the molecule is O=C(c1ccc(OCC(Br)CBr)c(Cl)c1)c1ccc(OCC(Br)CBr)c(Cl)c1. The molecule has 0 amide bonds. The second kappa shape index (κ2) is 12.2. The Bertz CT molecular complexity index is 754. The number of ketones is 1. The summed E-state index contributed by atoms with van der Waals surface area (Å²) in [5.41, 5.74) is 0.913. The summed E-state index contributed by atoms with van der Waals surface area (Å²) in [6, 6.07) is 9.95. The molecule has 28 heavy (non-hydrogen) atoms. The van der Waals surface area contributed by atoms with Crippen LogP contribution < -0.4 is 9.47 Å². The Morgan fingerprint density at radius 1 is 0.821 bits per heavy atom. The van der Waals surface area contributed by atoms with Gasteiger partial charge in [-0.3, -0.25) is 4.79 Å². The van der Waals surface area contributed by atoms with Crippen molar-refractivity contribution in [3.63, 3.8) is 0 Å². The van der Waals surface area contributed by atoms with Crippen molar-refractivity contribution in [2.45, 2.75) is 9.65 Å². The number of rotatable bonds is 10. The molecule has 0 aliphatic heterocycles. The summed E-state index contributed by atoms with van der Waals surface area (Å²) >= 11 is 26.2. The number of hydrogen-bond donors (Lipinski definition) is 0. The molecular weight excluding hydrogens is 667 g/mol. The Kier molecular flexibility index (Phi) is 10.6. The van der Waals surface area contributed by atoms with Crippen molar-refractivity contribution >= 4 is 92.7 Å². The van der Waals surface area contributed by atoms with E-state index in [4.69, 9.17) is 32.7 Å². The summed E-state index contributed by atoms with van der Waals surface area (Å²) in [5, 5.41) is 2.27. The van der Waals surface area contributed by atoms with E-state index in [0.29, 0.717) is 45.9 Å². The third-order valence-electron chi connectivity index (χ3n) is 3.56. The van der Waals surface area contributed by atoms with E-state index in [1.54, 1.807) is 36.4 Å². The fourth-order valence-electron chi connectivity index (χ4n) is 2.13. The first-order valence-electron chi connectivity index (χ1n) is 8.15. The minimum absolute atomic E-state index is 0.169. The maximum absolute atomic E-state index is 12.8. The topological polar surface area (TPSA) is 35.5 Å². The molecule has 0 saturated carbocycles. The van der Waals surface area contributed by atoms with Crippen LogP contribution in [0.2, 0.25) is 10.0 Å². The van der Waals surface area contributed by atoms with E-state index in [0.717, 1.165) is 10.7 Å². The highest BCUT2D eigenvalue weighted by atomic mass is 79.9. The Morgan fingerprint density at radius 2 is 1.21 bits per heavy atom. The predicted molar refractivity (Wildman–Crippen MR) is 130 cm³/mol. The van der Waals surface area contributed by atoms with Crippen LogP contribution in [0, 0.1) is 0 Å². The van der Waals surface area contributed by atoms with Crippen LogP contribution in [0.4, 0.5) is 0 Å². The van der Waals surface area contributed by atoms with Gasteiger partial charge in [0.1, 0.15) is 24.7 Å². The first-order valence-corrected chi connectivity index (χ1v) is 13.0. The normalized spacial score (nSPS) is 13.1. The monoisotopic (exact) mass is 678 g/mol. The Balaban J connectivity index is 2.10. The number of carbonyl (C=O) groups is 1. The second-order valence-corrected chi connectivity index (χ2v) is 10.4. The van der Waals surface area contributed by atoms with Gasteiger partial charge in [0.05, 0.1) is 19.7 Å². The largest absolute Gasteiger partial charge is 0.491 e. The van der Waals surface area contributed by atoms with Gasteiger partial charge in [-0.2, -0.15) is 0 Å². The molecule has 152 valence electrons. The lowest BCUT2D eigenvalue weighted by molar-refractivity contribution is 0.103. The van der Waals surface area contributed by atoms with Gasteiger partial charge in [-0.1, -0.05) is 86.9 Å². The quantitative estimate of drug-likeness (QED) is 0.195. The van der Waals surface area contributed by atoms with Gasteiger partial charge in [0, 0.05) is 21.8 Å². The van der Waals surface area contributed by atoms with Crippen molar-refractivity contribution in [3.05, 3.63) is 57.6 Å². The highest BCUT2D eigenvalue weighted by Crippen LogP contribution is 2.30. The standard InChI is InChI=1S/C19H16Br4Cl2O3/c20-7-13(22)9-27-17-3-1-11(5-15(17)24)19(26)12-2-4-18(16(25)6-12)28-10-14(23)8-21/h1-6,13-14H,7-10H2. The summed E-state index contributed by atoms with van der Waals surface area (Å²) in [6.07, 6.45) is 0. The highest BCUT2D eigenvalue weighted by molar-refractivity contribution is 9.12. The maximum Gasteiger partial charge on any atom is 0.193 e. The third kappa shape index (κ3) is 7.17. The van der Waals surface area contributed by atoms with Gasteiger partial charge in [-0.05, 0) is 36.4 Å². The lowest BCUT2D eigenvalue weighted by Gasteiger charge is -2.13. The van der Waals surface area contributed by atoms with E-state index in [1.165, 1.54) is 0 Å². The van der Waals surface area contributed by atoms with Crippen LogP contribution in [0.3, 0.4) is 0 Å². The number of benzene rings is 2. The van der Waals surface area contributed by atoms with Gasteiger partial charge in [0.25, 0.3) is 0 Å². The molecule has 0 aliphatic carbocycles. The van der Waals surface area contributed by atoms with E-state index < -0.39 is 0 Å². The van der Waals surface area contributed by atoms with Gasteiger partial charge in [0.2, 0.25) is 0 Å². The Labute approximate surface area is 208 Å². The molecule has 2 atom stereocenters. The number of carbonyl (C=O) groups excluding carboxylic acids is 1. The molecule has 0 N–H and O–H groups in total. The Morgan fingerprint density at radius 3 is 1.54 bits per heavy atom. The van der Waals surface area contributed by atoms with Crippen LogP contribution in [0.15, 0.2) is 36.4 Å². The average molecular weight is 683 g/mol. The molecule has 9 heteroatoms. The lowest BCUT2D eigenvalue weighted by atomic mass is 10.0. The van der Waals surface area contributed by atoms with Crippen molar-refractivity contribution in [1.29, 1.82) is 0 Å². The average Bonchev–Trinajstić information content (AvgIpc) is 2.70. The zero-order valence-corrected chi connectivity index (χ0v) is 22.3. The molecule has 0 spiro atoms. The first kappa shape index (κ1) is 24.5. The molecule has 2 unspecified atom stereocenters. The minimum atomic E-state index is -0.181. The summed E-state index contributed by atoms with van der Waals surface area (Å²) in [6.45, 7) is 0.916. The van der Waals surface area contributed by atoms with E-state index in [2.05, 4.69) is 63.7 Å². The first-order chi connectivity index (χ1) is 13.3. The van der Waals surface area contributed by atoms with Crippen LogP contribution in [-0.4, -0.2) is 39.3 Å². The molecule has 0 aliphatic rings. The maximum atomic E-state index is 12.8. The molecule has 2 rings (SSSR count). The number of halogens is 6. The molecule has 0 heterocycles.